The SMILES string of the molecule is O=C(O)Oc1ccc2nc(-c3ccc4[nH]ccc4c3)c(N3CCCCCC3)nc2c1. The van der Waals surface area contributed by atoms with E-state index in [1.807, 2.05) is 6.20 Å². The highest BCUT2D eigenvalue weighted by Crippen LogP contribution is 2.33. The first-order valence-corrected chi connectivity index (χ1v) is 10.2. The van der Waals surface area contributed by atoms with E-state index in [1.165, 1.54) is 12.8 Å². The Morgan fingerprint density at radius 1 is 0.967 bits per heavy atom. The van der Waals surface area contributed by atoms with Crippen LogP contribution in [0.2, 0.25) is 0 Å². The van der Waals surface area contributed by atoms with E-state index < -0.39 is 6.16 Å². The fourth-order valence-corrected chi connectivity index (χ4v) is 4.09. The van der Waals surface area contributed by atoms with Gasteiger partial charge in [-0.05, 0) is 43.2 Å². The van der Waals surface area contributed by atoms with Gasteiger partial charge in [0.15, 0.2) is 5.82 Å². The number of ether oxygens (including phenoxy) is 1. The number of fused-ring (bicyclic) bond motifs is 2. The first-order chi connectivity index (χ1) is 14.7. The molecule has 7 heteroatoms. The second-order valence-electron chi connectivity index (χ2n) is 7.60. The molecule has 7 nitrogen and oxygen atoms in total. The van der Waals surface area contributed by atoms with E-state index in [0.29, 0.717) is 11.0 Å². The minimum atomic E-state index is -1.34. The van der Waals surface area contributed by atoms with Crippen molar-refractivity contribution >= 4 is 33.9 Å². The molecule has 1 aliphatic heterocycles. The van der Waals surface area contributed by atoms with E-state index in [2.05, 4.69) is 34.1 Å². The van der Waals surface area contributed by atoms with Crippen molar-refractivity contribution in [3.63, 3.8) is 0 Å². The summed E-state index contributed by atoms with van der Waals surface area (Å²) in [5.41, 5.74) is 4.27. The first kappa shape index (κ1) is 18.4. The second-order valence-corrected chi connectivity index (χ2v) is 7.60. The molecule has 30 heavy (non-hydrogen) atoms. The third-order valence-electron chi connectivity index (χ3n) is 5.55. The number of benzene rings is 2. The van der Waals surface area contributed by atoms with E-state index in [1.54, 1.807) is 18.2 Å². The third kappa shape index (κ3) is 3.54. The number of anilines is 1. The predicted molar refractivity (Wildman–Crippen MR) is 116 cm³/mol. The standard InChI is InChI=1S/C23H22N4O3/c28-23(29)30-17-6-8-19-20(14-17)26-22(27-11-3-1-2-4-12-27)21(25-19)16-5-7-18-15(13-16)9-10-24-18/h5-10,13-14,24H,1-4,11-12H2,(H,28,29). The lowest BCUT2D eigenvalue weighted by atomic mass is 10.1. The Morgan fingerprint density at radius 3 is 2.60 bits per heavy atom. The molecule has 0 radical (unpaired) electrons. The van der Waals surface area contributed by atoms with Gasteiger partial charge in [0, 0.05) is 41.8 Å². The van der Waals surface area contributed by atoms with Crippen LogP contribution in [0.4, 0.5) is 10.6 Å². The van der Waals surface area contributed by atoms with Gasteiger partial charge in [-0.2, -0.15) is 0 Å². The summed E-state index contributed by atoms with van der Waals surface area (Å²) < 4.78 is 4.81. The lowest BCUT2D eigenvalue weighted by Gasteiger charge is -2.24. The van der Waals surface area contributed by atoms with Gasteiger partial charge in [-0.15, -0.1) is 0 Å². The number of nitrogens with zero attached hydrogens (tertiary/aromatic N) is 3. The van der Waals surface area contributed by atoms with Gasteiger partial charge < -0.3 is 19.7 Å². The number of nitrogens with one attached hydrogen (secondary N) is 1. The van der Waals surface area contributed by atoms with Gasteiger partial charge >= 0.3 is 6.16 Å². The molecular weight excluding hydrogens is 380 g/mol. The van der Waals surface area contributed by atoms with Crippen molar-refractivity contribution in [1.29, 1.82) is 0 Å². The number of carbonyl (C=O) groups is 1. The summed E-state index contributed by atoms with van der Waals surface area (Å²) in [7, 11) is 0. The number of carboxylic acid groups (broad SMARTS) is 1. The normalized spacial score (nSPS) is 14.7. The molecule has 0 amide bonds. The molecule has 1 saturated heterocycles. The molecule has 152 valence electrons. The van der Waals surface area contributed by atoms with Crippen molar-refractivity contribution in [2.75, 3.05) is 18.0 Å². The Labute approximate surface area is 173 Å². The van der Waals surface area contributed by atoms with E-state index in [4.69, 9.17) is 19.8 Å². The molecule has 5 rings (SSSR count). The Kier molecular flexibility index (Phi) is 4.71. The van der Waals surface area contributed by atoms with Crippen molar-refractivity contribution in [2.45, 2.75) is 25.7 Å². The van der Waals surface area contributed by atoms with Gasteiger partial charge in [0.25, 0.3) is 0 Å². The van der Waals surface area contributed by atoms with E-state index in [9.17, 15) is 4.79 Å². The highest BCUT2D eigenvalue weighted by Gasteiger charge is 2.19. The summed E-state index contributed by atoms with van der Waals surface area (Å²) in [6.07, 6.45) is 5.28. The summed E-state index contributed by atoms with van der Waals surface area (Å²) in [5, 5.41) is 10.0. The van der Waals surface area contributed by atoms with E-state index in [-0.39, 0.29) is 5.75 Å². The van der Waals surface area contributed by atoms with E-state index in [0.717, 1.165) is 53.9 Å². The monoisotopic (exact) mass is 402 g/mol. The summed E-state index contributed by atoms with van der Waals surface area (Å²) in [5.74, 6) is 1.08. The molecule has 4 aromatic rings. The average molecular weight is 402 g/mol. The molecule has 2 aromatic carbocycles. The van der Waals surface area contributed by atoms with Gasteiger partial charge in [-0.3, -0.25) is 0 Å². The van der Waals surface area contributed by atoms with Gasteiger partial charge in [-0.25, -0.2) is 14.8 Å². The Balaban J connectivity index is 1.67. The van der Waals surface area contributed by atoms with Gasteiger partial charge in [0.2, 0.25) is 0 Å². The molecule has 0 aliphatic carbocycles. The van der Waals surface area contributed by atoms with Gasteiger partial charge in [-0.1, -0.05) is 18.9 Å². The van der Waals surface area contributed by atoms with Crippen molar-refractivity contribution in [3.05, 3.63) is 48.7 Å². The lowest BCUT2D eigenvalue weighted by Crippen LogP contribution is -2.26. The minimum absolute atomic E-state index is 0.243. The average Bonchev–Trinajstić information content (AvgIpc) is 3.04. The maximum atomic E-state index is 10.9. The van der Waals surface area contributed by atoms with E-state index >= 15 is 0 Å². The molecule has 1 fully saturated rings. The van der Waals surface area contributed by atoms with Crippen LogP contribution in [0.3, 0.4) is 0 Å². The number of aromatic amines is 1. The molecule has 0 saturated carbocycles. The van der Waals surface area contributed by atoms with Crippen LogP contribution in [-0.4, -0.2) is 39.3 Å². The topological polar surface area (TPSA) is 91.3 Å². The largest absolute Gasteiger partial charge is 0.511 e. The summed E-state index contributed by atoms with van der Waals surface area (Å²) in [6, 6.07) is 13.3. The van der Waals surface area contributed by atoms with Crippen molar-refractivity contribution in [1.82, 2.24) is 15.0 Å². The quantitative estimate of drug-likeness (QED) is 0.361. The molecule has 0 unspecified atom stereocenters. The summed E-state index contributed by atoms with van der Waals surface area (Å²) in [6.45, 7) is 1.87. The van der Waals surface area contributed by atoms with Crippen LogP contribution in [0.1, 0.15) is 25.7 Å². The predicted octanol–water partition coefficient (Wildman–Crippen LogP) is 5.22. The van der Waals surface area contributed by atoms with Crippen LogP contribution < -0.4 is 9.64 Å². The van der Waals surface area contributed by atoms with Crippen LogP contribution in [0.15, 0.2) is 48.7 Å². The molecule has 0 bridgehead atoms. The molecule has 0 atom stereocenters. The second kappa shape index (κ2) is 7.67. The number of aromatic nitrogens is 3. The Morgan fingerprint density at radius 2 is 1.80 bits per heavy atom. The first-order valence-electron chi connectivity index (χ1n) is 10.2. The molecule has 0 spiro atoms. The van der Waals surface area contributed by atoms with Crippen LogP contribution >= 0.6 is 0 Å². The van der Waals surface area contributed by atoms with Gasteiger partial charge in [0.1, 0.15) is 11.4 Å². The number of rotatable bonds is 3. The lowest BCUT2D eigenvalue weighted by molar-refractivity contribution is 0.144. The third-order valence-corrected chi connectivity index (χ3v) is 5.55. The zero-order valence-corrected chi connectivity index (χ0v) is 16.5. The smallest absolute Gasteiger partial charge is 0.449 e. The minimum Gasteiger partial charge on any atom is -0.449 e. The zero-order chi connectivity index (χ0) is 20.5. The van der Waals surface area contributed by atoms with Gasteiger partial charge in [0.05, 0.1) is 11.0 Å². The van der Waals surface area contributed by atoms with Crippen molar-refractivity contribution < 1.29 is 14.6 Å². The number of H-pyrrole nitrogens is 1. The molecular formula is C23H22N4O3. The van der Waals surface area contributed by atoms with Crippen LogP contribution in [0.5, 0.6) is 5.75 Å². The fraction of sp³-hybridized carbons (Fsp3) is 0.261. The Bertz CT molecular complexity index is 1230. The van der Waals surface area contributed by atoms with Crippen LogP contribution in [0.25, 0.3) is 33.2 Å². The Hall–Kier alpha value is -3.61. The van der Waals surface area contributed by atoms with Crippen molar-refractivity contribution in [2.24, 2.45) is 0 Å². The molecule has 1 aliphatic rings. The maximum absolute atomic E-state index is 10.9. The number of hydrogen-bond donors (Lipinski definition) is 2. The van der Waals surface area contributed by atoms with Crippen molar-refractivity contribution in [3.8, 4) is 17.0 Å². The molecule has 2 N–H and O–H groups in total. The fourth-order valence-electron chi connectivity index (χ4n) is 4.09. The maximum Gasteiger partial charge on any atom is 0.511 e. The summed E-state index contributed by atoms with van der Waals surface area (Å²) >= 11 is 0. The van der Waals surface area contributed by atoms with Crippen LogP contribution in [-0.2, 0) is 0 Å². The number of hydrogen-bond acceptors (Lipinski definition) is 5. The highest BCUT2D eigenvalue weighted by molar-refractivity contribution is 5.89. The van der Waals surface area contributed by atoms with Crippen LogP contribution in [0, 0.1) is 0 Å². The highest BCUT2D eigenvalue weighted by atomic mass is 16.7. The zero-order valence-electron chi connectivity index (χ0n) is 16.5. The molecule has 3 heterocycles. The molecule has 2 aromatic heterocycles. The summed E-state index contributed by atoms with van der Waals surface area (Å²) in [4.78, 5) is 26.3.